The number of carbonyl (C=O) groups is 3. The van der Waals surface area contributed by atoms with Crippen molar-refractivity contribution in [3.8, 4) is 0 Å². The van der Waals surface area contributed by atoms with E-state index in [2.05, 4.69) is 10.0 Å². The third-order valence-electron chi connectivity index (χ3n) is 5.76. The van der Waals surface area contributed by atoms with E-state index in [0.29, 0.717) is 22.5 Å². The van der Waals surface area contributed by atoms with Gasteiger partial charge in [0.05, 0.1) is 21.9 Å². The second-order valence-corrected chi connectivity index (χ2v) is 10.9. The Morgan fingerprint density at radius 2 is 1.32 bits per heavy atom. The molecule has 0 heterocycles. The van der Waals surface area contributed by atoms with E-state index in [1.165, 1.54) is 23.9 Å². The smallest absolute Gasteiger partial charge is 0.261 e. The summed E-state index contributed by atoms with van der Waals surface area (Å²) in [7, 11) is -3.69. The summed E-state index contributed by atoms with van der Waals surface area (Å²) in [5.74, 6) is -0.843. The highest BCUT2D eigenvalue weighted by Crippen LogP contribution is 2.32. The molecule has 0 aliphatic heterocycles. The van der Waals surface area contributed by atoms with Crippen LogP contribution in [0.15, 0.2) is 107 Å². The molecule has 5 rings (SSSR count). The van der Waals surface area contributed by atoms with Crippen molar-refractivity contribution in [2.75, 3.05) is 15.8 Å². The highest BCUT2D eigenvalue weighted by Gasteiger charge is 2.31. The minimum Gasteiger partial charge on any atom is -0.325 e. The molecule has 0 atom stereocenters. The summed E-state index contributed by atoms with van der Waals surface area (Å²) in [5, 5.41) is 2.76. The van der Waals surface area contributed by atoms with E-state index in [0.717, 1.165) is 4.90 Å². The van der Waals surface area contributed by atoms with Gasteiger partial charge in [0.25, 0.3) is 10.0 Å². The lowest BCUT2D eigenvalue weighted by Crippen LogP contribution is -2.24. The first-order chi connectivity index (χ1) is 17.8. The Morgan fingerprint density at radius 1 is 0.703 bits per heavy atom. The van der Waals surface area contributed by atoms with Crippen LogP contribution in [0.5, 0.6) is 0 Å². The van der Waals surface area contributed by atoms with Crippen molar-refractivity contribution in [3.05, 3.63) is 119 Å². The molecule has 0 unspecified atom stereocenters. The summed E-state index contributed by atoms with van der Waals surface area (Å²) in [6.45, 7) is 0. The number of amides is 1. The number of sulfonamides is 1. The largest absolute Gasteiger partial charge is 0.325 e. The van der Waals surface area contributed by atoms with Crippen LogP contribution in [0.2, 0.25) is 0 Å². The number of hydrogen-bond donors (Lipinski definition) is 2. The number of thioether (sulfide) groups is 1. The number of hydrogen-bond acceptors (Lipinski definition) is 6. The number of carbonyl (C=O) groups excluding carboxylic acids is 3. The van der Waals surface area contributed by atoms with Crippen LogP contribution < -0.4 is 10.0 Å². The number of anilines is 2. The lowest BCUT2D eigenvalue weighted by Gasteiger charge is -2.20. The van der Waals surface area contributed by atoms with E-state index in [4.69, 9.17) is 0 Å². The zero-order chi connectivity index (χ0) is 26.0. The molecule has 184 valence electrons. The van der Waals surface area contributed by atoms with Crippen LogP contribution in [0.25, 0.3) is 0 Å². The van der Waals surface area contributed by atoms with E-state index < -0.39 is 10.0 Å². The van der Waals surface area contributed by atoms with E-state index in [1.807, 2.05) is 0 Å². The van der Waals surface area contributed by atoms with Crippen LogP contribution in [0.4, 0.5) is 11.4 Å². The number of fused-ring (bicyclic) bond motifs is 2. The summed E-state index contributed by atoms with van der Waals surface area (Å²) in [4.78, 5) is 39.6. The molecule has 0 spiro atoms. The van der Waals surface area contributed by atoms with Crippen LogP contribution in [-0.4, -0.2) is 31.6 Å². The molecule has 0 saturated heterocycles. The molecule has 1 amide bonds. The van der Waals surface area contributed by atoms with Gasteiger partial charge in [-0.05, 0) is 42.5 Å². The van der Waals surface area contributed by atoms with Gasteiger partial charge in [-0.1, -0.05) is 54.6 Å². The molecule has 0 aromatic heterocycles. The first kappa shape index (κ1) is 24.5. The van der Waals surface area contributed by atoms with E-state index >= 15 is 0 Å². The van der Waals surface area contributed by atoms with Gasteiger partial charge >= 0.3 is 0 Å². The van der Waals surface area contributed by atoms with Gasteiger partial charge in [-0.3, -0.25) is 19.1 Å². The van der Waals surface area contributed by atoms with Gasteiger partial charge in [0.15, 0.2) is 11.6 Å². The maximum Gasteiger partial charge on any atom is 0.261 e. The van der Waals surface area contributed by atoms with E-state index in [9.17, 15) is 22.8 Å². The number of rotatable bonds is 7. The molecule has 0 bridgehead atoms. The molecule has 4 aromatic rings. The maximum atomic E-state index is 13.1. The minimum atomic E-state index is -3.69. The van der Waals surface area contributed by atoms with Crippen molar-refractivity contribution in [2.45, 2.75) is 9.79 Å². The zero-order valence-corrected chi connectivity index (χ0v) is 20.9. The minimum absolute atomic E-state index is 0.0531. The molecule has 4 aromatic carbocycles. The Balaban J connectivity index is 1.24. The third-order valence-corrected chi connectivity index (χ3v) is 8.17. The fraction of sp³-hybridized carbons (Fsp3) is 0.0357. The van der Waals surface area contributed by atoms with Crippen molar-refractivity contribution in [1.82, 2.24) is 0 Å². The second kappa shape index (κ2) is 10.0. The Morgan fingerprint density at radius 3 is 2.03 bits per heavy atom. The maximum absolute atomic E-state index is 13.1. The predicted octanol–water partition coefficient (Wildman–Crippen LogP) is 4.99. The quantitative estimate of drug-likeness (QED) is 0.288. The van der Waals surface area contributed by atoms with E-state index in [1.54, 1.807) is 84.9 Å². The first-order valence-corrected chi connectivity index (χ1v) is 13.7. The number of nitrogens with one attached hydrogen (secondary N) is 2. The van der Waals surface area contributed by atoms with Gasteiger partial charge in [-0.15, -0.1) is 11.8 Å². The number of ketones is 2. The van der Waals surface area contributed by atoms with Crippen LogP contribution in [0, 0.1) is 0 Å². The first-order valence-electron chi connectivity index (χ1n) is 11.3. The molecular weight excluding hydrogens is 508 g/mol. The third kappa shape index (κ3) is 5.04. The Bertz CT molecular complexity index is 1630. The Labute approximate surface area is 218 Å². The molecule has 0 fully saturated rings. The lowest BCUT2D eigenvalue weighted by molar-refractivity contribution is -0.113. The topological polar surface area (TPSA) is 109 Å². The summed E-state index contributed by atoms with van der Waals surface area (Å²) in [6.07, 6.45) is 0. The average molecular weight is 529 g/mol. The predicted molar refractivity (Wildman–Crippen MR) is 143 cm³/mol. The van der Waals surface area contributed by atoms with Crippen LogP contribution in [0.1, 0.15) is 31.8 Å². The van der Waals surface area contributed by atoms with Crippen LogP contribution >= 0.6 is 11.8 Å². The molecule has 2 N–H and O–H groups in total. The zero-order valence-electron chi connectivity index (χ0n) is 19.3. The Hall–Kier alpha value is -4.21. The lowest BCUT2D eigenvalue weighted by atomic mass is 9.83. The molecule has 0 radical (unpaired) electrons. The summed E-state index contributed by atoms with van der Waals surface area (Å²) < 4.78 is 27.5. The fourth-order valence-electron chi connectivity index (χ4n) is 4.02. The van der Waals surface area contributed by atoms with Crippen molar-refractivity contribution < 1.29 is 22.8 Å². The molecule has 9 heteroatoms. The molecule has 37 heavy (non-hydrogen) atoms. The summed E-state index contributed by atoms with van der Waals surface area (Å²) in [5.41, 5.74) is 1.83. The summed E-state index contributed by atoms with van der Waals surface area (Å²) in [6, 6.07) is 26.2. The van der Waals surface area contributed by atoms with Gasteiger partial charge < -0.3 is 5.32 Å². The van der Waals surface area contributed by atoms with Gasteiger partial charge in [0.1, 0.15) is 0 Å². The van der Waals surface area contributed by atoms with Gasteiger partial charge in [0, 0.05) is 27.3 Å². The van der Waals surface area contributed by atoms with Crippen molar-refractivity contribution in [2.24, 2.45) is 0 Å². The van der Waals surface area contributed by atoms with E-state index in [-0.39, 0.29) is 39.2 Å². The fourth-order valence-corrected chi connectivity index (χ4v) is 5.80. The molecule has 7 nitrogen and oxygen atoms in total. The highest BCUT2D eigenvalue weighted by molar-refractivity contribution is 8.00. The SMILES string of the molecule is O=C(CSc1ccc(NS(=O)(=O)c2ccccc2)cc1)Nc1cccc2c1C(=O)c1ccccc1C2=O. The standard InChI is InChI=1S/C28H20N2O5S2/c31-25(17-36-19-15-13-18(14-16-19)30-37(34,35)20-7-2-1-3-8-20)29-24-12-6-11-23-26(24)28(33)22-10-5-4-9-21(22)27(23)32/h1-16,30H,17H2,(H,29,31). The molecular formula is C28H20N2O5S2. The molecule has 1 aliphatic carbocycles. The highest BCUT2D eigenvalue weighted by atomic mass is 32.2. The van der Waals surface area contributed by atoms with Gasteiger partial charge in [-0.25, -0.2) is 8.42 Å². The average Bonchev–Trinajstić information content (AvgIpc) is 2.91. The number of benzene rings is 4. The molecule has 1 aliphatic rings. The van der Waals surface area contributed by atoms with Crippen LogP contribution in [-0.2, 0) is 14.8 Å². The van der Waals surface area contributed by atoms with Crippen LogP contribution in [0.3, 0.4) is 0 Å². The normalized spacial score (nSPS) is 12.4. The van der Waals surface area contributed by atoms with Crippen molar-refractivity contribution >= 4 is 50.6 Å². The second-order valence-electron chi connectivity index (χ2n) is 8.21. The molecule has 0 saturated carbocycles. The van der Waals surface area contributed by atoms with Crippen molar-refractivity contribution in [3.63, 3.8) is 0 Å². The van der Waals surface area contributed by atoms with Gasteiger partial charge in [0.2, 0.25) is 5.91 Å². The van der Waals surface area contributed by atoms with Crippen molar-refractivity contribution in [1.29, 1.82) is 0 Å². The van der Waals surface area contributed by atoms with Gasteiger partial charge in [-0.2, -0.15) is 0 Å². The Kier molecular flexibility index (Phi) is 6.64. The monoisotopic (exact) mass is 528 g/mol. The summed E-state index contributed by atoms with van der Waals surface area (Å²) >= 11 is 1.26.